The molecule has 1 saturated heterocycles. The summed E-state index contributed by atoms with van der Waals surface area (Å²) >= 11 is 0. The van der Waals surface area contributed by atoms with Crippen molar-refractivity contribution in [1.82, 2.24) is 19.8 Å². The summed E-state index contributed by atoms with van der Waals surface area (Å²) in [6.07, 6.45) is 1.84. The van der Waals surface area contributed by atoms with Crippen LogP contribution >= 0.6 is 0 Å². The minimum Gasteiger partial charge on any atom is -0.367 e. The highest BCUT2D eigenvalue weighted by Gasteiger charge is 2.24. The average Bonchev–Trinajstić information content (AvgIpc) is 2.56. The molecule has 5 heteroatoms. The lowest BCUT2D eigenvalue weighted by Gasteiger charge is -2.40. The molecule has 1 N–H and O–H groups in total. The van der Waals surface area contributed by atoms with Crippen LogP contribution in [0.25, 0.3) is 11.0 Å². The zero-order valence-electron chi connectivity index (χ0n) is 14.4. The monoisotopic (exact) mass is 313 g/mol. The first-order valence-corrected chi connectivity index (χ1v) is 8.52. The van der Waals surface area contributed by atoms with E-state index in [2.05, 4.69) is 46.0 Å². The zero-order chi connectivity index (χ0) is 16.2. The van der Waals surface area contributed by atoms with Gasteiger partial charge in [-0.15, -0.1) is 0 Å². The Kier molecular flexibility index (Phi) is 5.08. The molecule has 0 radical (unpaired) electrons. The van der Waals surface area contributed by atoms with Crippen molar-refractivity contribution in [3.05, 3.63) is 30.5 Å². The molecule has 0 bridgehead atoms. The van der Waals surface area contributed by atoms with Gasteiger partial charge < -0.3 is 10.2 Å². The van der Waals surface area contributed by atoms with Crippen molar-refractivity contribution >= 4 is 16.9 Å². The molecular weight excluding hydrogens is 286 g/mol. The van der Waals surface area contributed by atoms with Gasteiger partial charge in [-0.3, -0.25) is 9.88 Å². The number of para-hydroxylation sites is 2. The molecular formula is C18H27N5. The number of aromatic nitrogens is 2. The standard InChI is InChI=1S/C18H27N5/c1-14(2)17(23-10-8-22(3)9-11-23)12-20-18-13-19-15-6-4-5-7-16(15)21-18/h4-7,13-14,17H,8-12H2,1-3H3,(H,20,21)/t17-/m0/s1. The molecule has 1 aromatic heterocycles. The van der Waals surface area contributed by atoms with E-state index in [1.165, 1.54) is 0 Å². The maximum absolute atomic E-state index is 4.66. The molecule has 1 atom stereocenters. The fourth-order valence-corrected chi connectivity index (χ4v) is 3.19. The fraction of sp³-hybridized carbons (Fsp3) is 0.556. The Morgan fingerprint density at radius 1 is 1.09 bits per heavy atom. The second-order valence-electron chi connectivity index (χ2n) is 6.78. The average molecular weight is 313 g/mol. The van der Waals surface area contributed by atoms with Crippen LogP contribution in [0.3, 0.4) is 0 Å². The Labute approximate surface area is 138 Å². The summed E-state index contributed by atoms with van der Waals surface area (Å²) in [5, 5.41) is 3.50. The molecule has 2 heterocycles. The van der Waals surface area contributed by atoms with Gasteiger partial charge in [-0.2, -0.15) is 0 Å². The highest BCUT2D eigenvalue weighted by molar-refractivity contribution is 5.75. The van der Waals surface area contributed by atoms with Crippen molar-refractivity contribution in [1.29, 1.82) is 0 Å². The number of piperazine rings is 1. The smallest absolute Gasteiger partial charge is 0.145 e. The summed E-state index contributed by atoms with van der Waals surface area (Å²) in [7, 11) is 2.20. The summed E-state index contributed by atoms with van der Waals surface area (Å²) < 4.78 is 0. The molecule has 5 nitrogen and oxygen atoms in total. The molecule has 1 aliphatic rings. The summed E-state index contributed by atoms with van der Waals surface area (Å²) in [6.45, 7) is 10.1. The van der Waals surface area contributed by atoms with Crippen LogP contribution in [0.5, 0.6) is 0 Å². The fourth-order valence-electron chi connectivity index (χ4n) is 3.19. The summed E-state index contributed by atoms with van der Waals surface area (Å²) in [4.78, 5) is 14.1. The van der Waals surface area contributed by atoms with Crippen LogP contribution in [0, 0.1) is 5.92 Å². The number of hydrogen-bond donors (Lipinski definition) is 1. The summed E-state index contributed by atoms with van der Waals surface area (Å²) in [6, 6.07) is 8.52. The molecule has 1 aromatic carbocycles. The number of nitrogens with one attached hydrogen (secondary N) is 1. The minimum atomic E-state index is 0.525. The van der Waals surface area contributed by atoms with Crippen molar-refractivity contribution in [3.8, 4) is 0 Å². The number of rotatable bonds is 5. The van der Waals surface area contributed by atoms with Crippen LogP contribution < -0.4 is 5.32 Å². The first-order valence-electron chi connectivity index (χ1n) is 8.52. The SMILES string of the molecule is CC(C)[C@H](CNc1cnc2ccccc2n1)N1CCN(C)CC1. The normalized spacial score (nSPS) is 18.4. The van der Waals surface area contributed by atoms with Gasteiger partial charge in [-0.1, -0.05) is 26.0 Å². The largest absolute Gasteiger partial charge is 0.367 e. The van der Waals surface area contributed by atoms with Gasteiger partial charge in [0.1, 0.15) is 5.82 Å². The highest BCUT2D eigenvalue weighted by Crippen LogP contribution is 2.16. The molecule has 0 amide bonds. The lowest BCUT2D eigenvalue weighted by Crippen LogP contribution is -2.52. The van der Waals surface area contributed by atoms with Crippen LogP contribution in [-0.4, -0.2) is 65.6 Å². The van der Waals surface area contributed by atoms with E-state index >= 15 is 0 Å². The number of likely N-dealkylation sites (N-methyl/N-ethyl adjacent to an activating group) is 1. The number of fused-ring (bicyclic) bond motifs is 1. The molecule has 0 saturated carbocycles. The maximum Gasteiger partial charge on any atom is 0.145 e. The maximum atomic E-state index is 4.66. The number of benzene rings is 1. The molecule has 1 fully saturated rings. The summed E-state index contributed by atoms with van der Waals surface area (Å²) in [5.74, 6) is 1.47. The van der Waals surface area contributed by atoms with E-state index in [1.807, 2.05) is 30.5 Å². The second kappa shape index (κ2) is 7.23. The lowest BCUT2D eigenvalue weighted by molar-refractivity contribution is 0.0944. The molecule has 3 rings (SSSR count). The van der Waals surface area contributed by atoms with Gasteiger partial charge >= 0.3 is 0 Å². The molecule has 0 aliphatic carbocycles. The van der Waals surface area contributed by atoms with Gasteiger partial charge in [0.25, 0.3) is 0 Å². The van der Waals surface area contributed by atoms with E-state index in [-0.39, 0.29) is 0 Å². The Bertz CT molecular complexity index is 634. The van der Waals surface area contributed by atoms with Crippen molar-refractivity contribution < 1.29 is 0 Å². The molecule has 1 aliphatic heterocycles. The Morgan fingerprint density at radius 2 is 1.78 bits per heavy atom. The first kappa shape index (κ1) is 16.1. The predicted molar refractivity (Wildman–Crippen MR) is 95.7 cm³/mol. The van der Waals surface area contributed by atoms with E-state index in [0.29, 0.717) is 12.0 Å². The Morgan fingerprint density at radius 3 is 2.48 bits per heavy atom. The Balaban J connectivity index is 1.65. The number of hydrogen-bond acceptors (Lipinski definition) is 5. The van der Waals surface area contributed by atoms with Gasteiger partial charge in [0.15, 0.2) is 0 Å². The van der Waals surface area contributed by atoms with Gasteiger partial charge in [0, 0.05) is 38.8 Å². The van der Waals surface area contributed by atoms with E-state index in [9.17, 15) is 0 Å². The third kappa shape index (κ3) is 3.98. The van der Waals surface area contributed by atoms with E-state index in [1.54, 1.807) is 0 Å². The molecule has 2 aromatic rings. The zero-order valence-corrected chi connectivity index (χ0v) is 14.4. The van der Waals surface area contributed by atoms with E-state index in [4.69, 9.17) is 0 Å². The third-order valence-electron chi connectivity index (χ3n) is 4.72. The number of anilines is 1. The quantitative estimate of drug-likeness (QED) is 0.918. The van der Waals surface area contributed by atoms with Gasteiger partial charge in [0.2, 0.25) is 0 Å². The van der Waals surface area contributed by atoms with Crippen LogP contribution in [0.2, 0.25) is 0 Å². The van der Waals surface area contributed by atoms with Crippen molar-refractivity contribution in [2.24, 2.45) is 5.92 Å². The van der Waals surface area contributed by atoms with Crippen molar-refractivity contribution in [2.45, 2.75) is 19.9 Å². The molecule has 124 valence electrons. The van der Waals surface area contributed by atoms with Gasteiger partial charge in [-0.25, -0.2) is 4.98 Å². The lowest BCUT2D eigenvalue weighted by atomic mass is 10.0. The predicted octanol–water partition coefficient (Wildman–Crippen LogP) is 2.31. The van der Waals surface area contributed by atoms with Crippen LogP contribution in [0.4, 0.5) is 5.82 Å². The second-order valence-corrected chi connectivity index (χ2v) is 6.78. The summed E-state index contributed by atoms with van der Waals surface area (Å²) in [5.41, 5.74) is 1.88. The van der Waals surface area contributed by atoms with Crippen LogP contribution in [0.15, 0.2) is 30.5 Å². The first-order chi connectivity index (χ1) is 11.1. The minimum absolute atomic E-state index is 0.525. The van der Waals surface area contributed by atoms with Crippen molar-refractivity contribution in [2.75, 3.05) is 45.1 Å². The third-order valence-corrected chi connectivity index (χ3v) is 4.72. The topological polar surface area (TPSA) is 44.3 Å². The van der Waals surface area contributed by atoms with Gasteiger partial charge in [0.05, 0.1) is 17.2 Å². The number of nitrogens with zero attached hydrogens (tertiary/aromatic N) is 4. The van der Waals surface area contributed by atoms with Crippen molar-refractivity contribution in [3.63, 3.8) is 0 Å². The van der Waals surface area contributed by atoms with E-state index in [0.717, 1.165) is 49.6 Å². The van der Waals surface area contributed by atoms with E-state index < -0.39 is 0 Å². The highest BCUT2D eigenvalue weighted by atomic mass is 15.3. The molecule has 0 spiro atoms. The molecule has 23 heavy (non-hydrogen) atoms. The van der Waals surface area contributed by atoms with Crippen LogP contribution in [0.1, 0.15) is 13.8 Å². The van der Waals surface area contributed by atoms with Crippen LogP contribution in [-0.2, 0) is 0 Å². The molecule has 0 unspecified atom stereocenters. The van der Waals surface area contributed by atoms with Gasteiger partial charge in [-0.05, 0) is 25.1 Å². The Hall–Kier alpha value is -1.72.